The summed E-state index contributed by atoms with van der Waals surface area (Å²) in [5.74, 6) is 1.50. The van der Waals surface area contributed by atoms with Gasteiger partial charge in [0.1, 0.15) is 5.82 Å². The fraction of sp³-hybridized carbons (Fsp3) is 0.346. The van der Waals surface area contributed by atoms with Crippen molar-refractivity contribution in [1.29, 1.82) is 0 Å². The van der Waals surface area contributed by atoms with Crippen LogP contribution in [0.2, 0.25) is 0 Å². The Bertz CT molecular complexity index is 1090. The van der Waals surface area contributed by atoms with Gasteiger partial charge in [0.2, 0.25) is 0 Å². The molecular formula is C26H30N4O. The van der Waals surface area contributed by atoms with Crippen molar-refractivity contribution in [1.82, 2.24) is 14.9 Å². The Labute approximate surface area is 184 Å². The highest BCUT2D eigenvalue weighted by Gasteiger charge is 2.26. The second-order valence-electron chi connectivity index (χ2n) is 8.52. The van der Waals surface area contributed by atoms with Crippen LogP contribution in [-0.2, 0) is 6.54 Å². The molecule has 0 bridgehead atoms. The zero-order valence-electron chi connectivity index (χ0n) is 18.6. The maximum Gasteiger partial charge on any atom is 0.254 e. The lowest BCUT2D eigenvalue weighted by Crippen LogP contribution is -2.38. The van der Waals surface area contributed by atoms with E-state index >= 15 is 0 Å². The monoisotopic (exact) mass is 414 g/mol. The number of likely N-dealkylation sites (tertiary alicyclic amines) is 1. The van der Waals surface area contributed by atoms with Gasteiger partial charge in [0.25, 0.3) is 5.91 Å². The molecule has 1 aliphatic heterocycles. The summed E-state index contributed by atoms with van der Waals surface area (Å²) in [4.78, 5) is 27.1. The molecule has 1 fully saturated rings. The van der Waals surface area contributed by atoms with Gasteiger partial charge >= 0.3 is 0 Å². The van der Waals surface area contributed by atoms with E-state index in [1.165, 1.54) is 11.1 Å². The number of aromatic nitrogens is 2. The number of aromatic amines is 1. The predicted octanol–water partition coefficient (Wildman–Crippen LogP) is 5.22. The van der Waals surface area contributed by atoms with Gasteiger partial charge in [-0.3, -0.25) is 9.79 Å². The van der Waals surface area contributed by atoms with E-state index in [-0.39, 0.29) is 5.91 Å². The van der Waals surface area contributed by atoms with Crippen LogP contribution >= 0.6 is 0 Å². The summed E-state index contributed by atoms with van der Waals surface area (Å²) < 4.78 is 0. The van der Waals surface area contributed by atoms with Crippen LogP contribution in [-0.4, -0.2) is 40.6 Å². The van der Waals surface area contributed by atoms with Crippen molar-refractivity contribution in [2.45, 2.75) is 46.1 Å². The molecule has 1 N–H and O–H groups in total. The van der Waals surface area contributed by atoms with Crippen molar-refractivity contribution in [2.75, 3.05) is 13.1 Å². The van der Waals surface area contributed by atoms with Gasteiger partial charge in [0.15, 0.2) is 0 Å². The zero-order chi connectivity index (χ0) is 22.0. The molecule has 4 rings (SSSR count). The molecule has 2 heterocycles. The number of nitrogens with zero attached hydrogens (tertiary/aromatic N) is 3. The van der Waals surface area contributed by atoms with E-state index in [0.29, 0.717) is 12.5 Å². The number of nitrogens with one attached hydrogen (secondary N) is 1. The summed E-state index contributed by atoms with van der Waals surface area (Å²) >= 11 is 0. The molecule has 0 unspecified atom stereocenters. The summed E-state index contributed by atoms with van der Waals surface area (Å²) in [6.07, 6.45) is 1.97. The Balaban J connectivity index is 1.46. The Hall–Kier alpha value is -3.21. The molecular weight excluding hydrogens is 384 g/mol. The van der Waals surface area contributed by atoms with Crippen molar-refractivity contribution in [3.05, 3.63) is 76.2 Å². The summed E-state index contributed by atoms with van der Waals surface area (Å²) in [5, 5.41) is 0. The van der Waals surface area contributed by atoms with Gasteiger partial charge in [-0.25, -0.2) is 4.98 Å². The molecule has 3 aromatic rings. The Morgan fingerprint density at radius 3 is 2.45 bits per heavy atom. The highest BCUT2D eigenvalue weighted by molar-refractivity contribution is 5.97. The molecule has 5 heteroatoms. The molecule has 31 heavy (non-hydrogen) atoms. The fourth-order valence-corrected chi connectivity index (χ4v) is 4.50. The normalized spacial score (nSPS) is 14.6. The van der Waals surface area contributed by atoms with E-state index < -0.39 is 0 Å². The van der Waals surface area contributed by atoms with Crippen LogP contribution in [0.4, 0.5) is 0 Å². The average molecular weight is 415 g/mol. The highest BCUT2D eigenvalue weighted by Crippen LogP contribution is 2.30. The highest BCUT2D eigenvalue weighted by atomic mass is 16.2. The van der Waals surface area contributed by atoms with Crippen LogP contribution < -0.4 is 0 Å². The number of piperidine rings is 1. The third kappa shape index (κ3) is 4.46. The Kier molecular flexibility index (Phi) is 6.03. The number of imidazole rings is 1. The first-order valence-corrected chi connectivity index (χ1v) is 10.9. The van der Waals surface area contributed by atoms with E-state index in [1.807, 2.05) is 43.9 Å². The number of rotatable bonds is 5. The molecule has 1 amide bonds. The van der Waals surface area contributed by atoms with E-state index in [9.17, 15) is 4.79 Å². The minimum atomic E-state index is 0.120. The van der Waals surface area contributed by atoms with Gasteiger partial charge in [0.05, 0.1) is 12.2 Å². The third-order valence-corrected chi connectivity index (χ3v) is 6.27. The summed E-state index contributed by atoms with van der Waals surface area (Å²) in [5.41, 5.74) is 7.24. The van der Waals surface area contributed by atoms with Gasteiger partial charge < -0.3 is 9.88 Å². The first-order chi connectivity index (χ1) is 15.0. The second-order valence-corrected chi connectivity index (χ2v) is 8.52. The molecule has 0 radical (unpaired) electrons. The maximum absolute atomic E-state index is 13.3. The van der Waals surface area contributed by atoms with E-state index in [4.69, 9.17) is 0 Å². The molecule has 0 spiro atoms. The SMILES string of the molecule is C=NCc1ccc(C2CCN(C(=O)c3cc(-c4nc(C)[nH]c4C)ccc3C)CC2)cc1. The van der Waals surface area contributed by atoms with Gasteiger partial charge in [-0.05, 0) is 69.0 Å². The van der Waals surface area contributed by atoms with Crippen molar-refractivity contribution in [3.8, 4) is 11.3 Å². The third-order valence-electron chi connectivity index (χ3n) is 6.27. The van der Waals surface area contributed by atoms with Gasteiger partial charge in [-0.15, -0.1) is 0 Å². The number of aryl methyl sites for hydroxylation is 3. The van der Waals surface area contributed by atoms with Crippen LogP contribution in [0.5, 0.6) is 0 Å². The molecule has 0 aliphatic carbocycles. The van der Waals surface area contributed by atoms with Crippen molar-refractivity contribution < 1.29 is 4.79 Å². The van der Waals surface area contributed by atoms with Crippen LogP contribution in [0, 0.1) is 20.8 Å². The minimum Gasteiger partial charge on any atom is -0.346 e. The van der Waals surface area contributed by atoms with Crippen LogP contribution in [0.15, 0.2) is 47.5 Å². The van der Waals surface area contributed by atoms with Gasteiger partial charge in [0, 0.05) is 29.9 Å². The lowest BCUT2D eigenvalue weighted by molar-refractivity contribution is 0.0712. The lowest BCUT2D eigenvalue weighted by Gasteiger charge is -2.32. The molecule has 1 aromatic heterocycles. The second kappa shape index (κ2) is 8.88. The zero-order valence-corrected chi connectivity index (χ0v) is 18.6. The molecule has 5 nitrogen and oxygen atoms in total. The molecule has 1 aliphatic rings. The molecule has 160 valence electrons. The number of hydrogen-bond donors (Lipinski definition) is 1. The number of hydrogen-bond acceptors (Lipinski definition) is 3. The number of benzene rings is 2. The smallest absolute Gasteiger partial charge is 0.254 e. The number of carbonyl (C=O) groups excluding carboxylic acids is 1. The minimum absolute atomic E-state index is 0.120. The molecule has 2 aromatic carbocycles. The number of aliphatic imine (C=N–C) groups is 1. The van der Waals surface area contributed by atoms with Crippen molar-refractivity contribution in [3.63, 3.8) is 0 Å². The largest absolute Gasteiger partial charge is 0.346 e. The number of H-pyrrole nitrogens is 1. The maximum atomic E-state index is 13.3. The first-order valence-electron chi connectivity index (χ1n) is 10.9. The summed E-state index contributed by atoms with van der Waals surface area (Å²) in [7, 11) is 0. The van der Waals surface area contributed by atoms with Gasteiger partial charge in [-0.1, -0.05) is 36.4 Å². The standard InChI is InChI=1S/C26H30N4O/c1-17-5-8-23(25-18(2)28-19(3)29-25)15-24(17)26(31)30-13-11-22(12-14-30)21-9-6-20(7-10-21)16-27-4/h5-10,15,22H,4,11-14,16H2,1-3H3,(H,28,29). The van der Waals surface area contributed by atoms with E-state index in [1.54, 1.807) is 0 Å². The lowest BCUT2D eigenvalue weighted by atomic mass is 9.88. The van der Waals surface area contributed by atoms with E-state index in [0.717, 1.165) is 59.8 Å². The summed E-state index contributed by atoms with van der Waals surface area (Å²) in [6.45, 7) is 11.7. The Morgan fingerprint density at radius 1 is 1.13 bits per heavy atom. The first kappa shape index (κ1) is 21.0. The predicted molar refractivity (Wildman–Crippen MR) is 126 cm³/mol. The molecule has 0 atom stereocenters. The number of amides is 1. The fourth-order valence-electron chi connectivity index (χ4n) is 4.50. The Morgan fingerprint density at radius 2 is 1.84 bits per heavy atom. The van der Waals surface area contributed by atoms with Crippen LogP contribution in [0.1, 0.15) is 57.3 Å². The quantitative estimate of drug-likeness (QED) is 0.582. The van der Waals surface area contributed by atoms with Crippen molar-refractivity contribution in [2.24, 2.45) is 4.99 Å². The summed E-state index contributed by atoms with van der Waals surface area (Å²) in [6, 6.07) is 14.7. The van der Waals surface area contributed by atoms with Gasteiger partial charge in [-0.2, -0.15) is 0 Å². The van der Waals surface area contributed by atoms with Crippen LogP contribution in [0.3, 0.4) is 0 Å². The topological polar surface area (TPSA) is 61.4 Å². The number of carbonyl (C=O) groups is 1. The average Bonchev–Trinajstić information content (AvgIpc) is 3.12. The van der Waals surface area contributed by atoms with E-state index in [2.05, 4.69) is 45.9 Å². The van der Waals surface area contributed by atoms with Crippen molar-refractivity contribution >= 4 is 12.6 Å². The molecule has 0 saturated carbocycles. The van der Waals surface area contributed by atoms with Crippen LogP contribution in [0.25, 0.3) is 11.3 Å². The molecule has 1 saturated heterocycles.